The number of rotatable bonds is 9. The topological polar surface area (TPSA) is 103 Å². The lowest BCUT2D eigenvalue weighted by Crippen LogP contribution is -2.23. The summed E-state index contributed by atoms with van der Waals surface area (Å²) in [6, 6.07) is 7.46. The monoisotopic (exact) mass is 413 g/mol. The first kappa shape index (κ1) is 21.0. The van der Waals surface area contributed by atoms with Crippen LogP contribution in [0, 0.1) is 0 Å². The van der Waals surface area contributed by atoms with Gasteiger partial charge in [0.05, 0.1) is 16.7 Å². The molecule has 8 nitrogen and oxygen atoms in total. The average Bonchev–Trinajstić information content (AvgIpc) is 2.70. The van der Waals surface area contributed by atoms with Gasteiger partial charge in [0.2, 0.25) is 11.9 Å². The summed E-state index contributed by atoms with van der Waals surface area (Å²) in [5.41, 5.74) is 6.52. The van der Waals surface area contributed by atoms with E-state index >= 15 is 0 Å². The number of nitrogens with zero attached hydrogens (tertiary/aromatic N) is 6. The fourth-order valence-corrected chi connectivity index (χ4v) is 3.85. The van der Waals surface area contributed by atoms with Crippen molar-refractivity contribution in [2.75, 3.05) is 24.7 Å². The standard InChI is InChI=1S/C20H27N7OS/c1-4-5-6-9-12-27-17(28)14-10-7-8-11-15(14)22-20(27)29-13-16-23-18(21)25-19(24-16)26(2)3/h7-8,10-11H,4-6,9,12-13H2,1-3H3,(H2,21,23,24,25). The van der Waals surface area contributed by atoms with E-state index in [1.54, 1.807) is 9.47 Å². The van der Waals surface area contributed by atoms with Crippen LogP contribution in [0.15, 0.2) is 34.2 Å². The first-order valence-corrected chi connectivity index (χ1v) is 10.8. The van der Waals surface area contributed by atoms with Gasteiger partial charge in [0.15, 0.2) is 5.16 Å². The zero-order chi connectivity index (χ0) is 20.8. The van der Waals surface area contributed by atoms with Crippen molar-refractivity contribution in [3.8, 4) is 0 Å². The number of thioether (sulfide) groups is 1. The van der Waals surface area contributed by atoms with Crippen LogP contribution in [0.25, 0.3) is 10.9 Å². The van der Waals surface area contributed by atoms with Crippen molar-refractivity contribution in [3.05, 3.63) is 40.4 Å². The number of para-hydroxylation sites is 1. The van der Waals surface area contributed by atoms with Gasteiger partial charge in [-0.3, -0.25) is 9.36 Å². The van der Waals surface area contributed by atoms with Gasteiger partial charge >= 0.3 is 0 Å². The van der Waals surface area contributed by atoms with Crippen molar-refractivity contribution < 1.29 is 0 Å². The van der Waals surface area contributed by atoms with E-state index in [-0.39, 0.29) is 11.5 Å². The second kappa shape index (κ2) is 9.69. The molecule has 0 fully saturated rings. The maximum absolute atomic E-state index is 13.1. The quantitative estimate of drug-likeness (QED) is 0.324. The summed E-state index contributed by atoms with van der Waals surface area (Å²) >= 11 is 1.45. The number of benzene rings is 1. The molecule has 2 aromatic heterocycles. The number of fused-ring (bicyclic) bond motifs is 1. The van der Waals surface area contributed by atoms with Crippen LogP contribution in [0.3, 0.4) is 0 Å². The molecule has 0 amide bonds. The average molecular weight is 414 g/mol. The minimum atomic E-state index is -0.00117. The maximum Gasteiger partial charge on any atom is 0.262 e. The Morgan fingerprint density at radius 3 is 2.62 bits per heavy atom. The van der Waals surface area contributed by atoms with E-state index in [2.05, 4.69) is 21.9 Å². The molecule has 0 atom stereocenters. The Balaban J connectivity index is 1.90. The highest BCUT2D eigenvalue weighted by Crippen LogP contribution is 2.22. The second-order valence-corrected chi connectivity index (χ2v) is 7.96. The fraction of sp³-hybridized carbons (Fsp3) is 0.450. The zero-order valence-electron chi connectivity index (χ0n) is 17.1. The predicted molar refractivity (Wildman–Crippen MR) is 118 cm³/mol. The Morgan fingerprint density at radius 2 is 1.86 bits per heavy atom. The van der Waals surface area contributed by atoms with Crippen LogP contribution in [-0.4, -0.2) is 38.6 Å². The SMILES string of the molecule is CCCCCCn1c(SCc2nc(N)nc(N(C)C)n2)nc2ccccc2c1=O. The lowest BCUT2D eigenvalue weighted by molar-refractivity contribution is 0.531. The lowest BCUT2D eigenvalue weighted by atomic mass is 10.2. The molecule has 0 aliphatic carbocycles. The van der Waals surface area contributed by atoms with Crippen LogP contribution in [0.1, 0.15) is 38.4 Å². The molecule has 0 radical (unpaired) electrons. The van der Waals surface area contributed by atoms with Gasteiger partial charge in [-0.2, -0.15) is 15.0 Å². The van der Waals surface area contributed by atoms with Crippen LogP contribution in [0.4, 0.5) is 11.9 Å². The second-order valence-electron chi connectivity index (χ2n) is 7.02. The van der Waals surface area contributed by atoms with Gasteiger partial charge < -0.3 is 10.6 Å². The molecule has 1 aromatic carbocycles. The van der Waals surface area contributed by atoms with Crippen molar-refractivity contribution >= 4 is 34.6 Å². The van der Waals surface area contributed by atoms with Gasteiger partial charge in [-0.1, -0.05) is 50.1 Å². The van der Waals surface area contributed by atoms with E-state index in [0.717, 1.165) is 25.7 Å². The third kappa shape index (κ3) is 5.23. The smallest absolute Gasteiger partial charge is 0.262 e. The van der Waals surface area contributed by atoms with Gasteiger partial charge in [0, 0.05) is 20.6 Å². The molecule has 2 heterocycles. The molecule has 29 heavy (non-hydrogen) atoms. The van der Waals surface area contributed by atoms with Gasteiger partial charge in [-0.25, -0.2) is 4.98 Å². The molecule has 9 heteroatoms. The highest BCUT2D eigenvalue weighted by atomic mass is 32.2. The van der Waals surface area contributed by atoms with Gasteiger partial charge in [0.1, 0.15) is 5.82 Å². The van der Waals surface area contributed by atoms with Crippen molar-refractivity contribution in [2.45, 2.75) is 50.1 Å². The minimum absolute atomic E-state index is 0.00117. The first-order chi connectivity index (χ1) is 14.0. The van der Waals surface area contributed by atoms with E-state index in [1.807, 2.05) is 38.4 Å². The molecular weight excluding hydrogens is 386 g/mol. The molecule has 0 saturated carbocycles. The largest absolute Gasteiger partial charge is 0.368 e. The Morgan fingerprint density at radius 1 is 1.07 bits per heavy atom. The van der Waals surface area contributed by atoms with Crippen LogP contribution in [0.2, 0.25) is 0 Å². The molecule has 2 N–H and O–H groups in total. The Kier molecular flexibility index (Phi) is 7.03. The molecule has 0 bridgehead atoms. The van der Waals surface area contributed by atoms with Crippen molar-refractivity contribution in [2.24, 2.45) is 0 Å². The number of nitrogen functional groups attached to an aromatic ring is 1. The summed E-state index contributed by atoms with van der Waals surface area (Å²) in [5.74, 6) is 1.71. The van der Waals surface area contributed by atoms with Crippen LogP contribution >= 0.6 is 11.8 Å². The molecule has 0 saturated heterocycles. The summed E-state index contributed by atoms with van der Waals surface area (Å²) in [4.78, 5) is 32.4. The van der Waals surface area contributed by atoms with Crippen molar-refractivity contribution in [1.82, 2.24) is 24.5 Å². The van der Waals surface area contributed by atoms with E-state index in [4.69, 9.17) is 10.7 Å². The Hall–Kier alpha value is -2.68. The molecule has 3 aromatic rings. The number of anilines is 2. The summed E-state index contributed by atoms with van der Waals surface area (Å²) in [7, 11) is 3.70. The lowest BCUT2D eigenvalue weighted by Gasteiger charge is -2.14. The van der Waals surface area contributed by atoms with E-state index in [0.29, 0.717) is 40.1 Å². The third-order valence-electron chi connectivity index (χ3n) is 4.48. The highest BCUT2D eigenvalue weighted by molar-refractivity contribution is 7.98. The minimum Gasteiger partial charge on any atom is -0.368 e. The highest BCUT2D eigenvalue weighted by Gasteiger charge is 2.13. The van der Waals surface area contributed by atoms with E-state index in [1.165, 1.54) is 11.8 Å². The van der Waals surface area contributed by atoms with Crippen molar-refractivity contribution in [3.63, 3.8) is 0 Å². The molecule has 154 valence electrons. The number of nitrogens with two attached hydrogens (primary N) is 1. The molecule has 0 aliphatic rings. The molecule has 0 spiro atoms. The summed E-state index contributed by atoms with van der Waals surface area (Å²) in [5, 5.41) is 1.32. The number of hydrogen-bond acceptors (Lipinski definition) is 8. The third-order valence-corrected chi connectivity index (χ3v) is 5.45. The first-order valence-electron chi connectivity index (χ1n) is 9.79. The molecule has 3 rings (SSSR count). The van der Waals surface area contributed by atoms with Gasteiger partial charge in [-0.05, 0) is 18.6 Å². The molecule has 0 aliphatic heterocycles. The van der Waals surface area contributed by atoms with Crippen LogP contribution in [0.5, 0.6) is 0 Å². The van der Waals surface area contributed by atoms with E-state index in [9.17, 15) is 4.79 Å². The number of hydrogen-bond donors (Lipinski definition) is 1. The Labute approximate surface area is 174 Å². The van der Waals surface area contributed by atoms with Crippen LogP contribution in [-0.2, 0) is 12.3 Å². The van der Waals surface area contributed by atoms with Gasteiger partial charge in [0.25, 0.3) is 5.56 Å². The zero-order valence-corrected chi connectivity index (χ0v) is 17.9. The maximum atomic E-state index is 13.1. The predicted octanol–water partition coefficient (Wildman–Crippen LogP) is 3.10. The summed E-state index contributed by atoms with van der Waals surface area (Å²) in [6.45, 7) is 2.83. The normalized spacial score (nSPS) is 11.1. The fourth-order valence-electron chi connectivity index (χ4n) is 2.97. The van der Waals surface area contributed by atoms with Gasteiger partial charge in [-0.15, -0.1) is 0 Å². The number of unbranched alkanes of at least 4 members (excludes halogenated alkanes) is 3. The summed E-state index contributed by atoms with van der Waals surface area (Å²) < 4.78 is 1.78. The van der Waals surface area contributed by atoms with Crippen molar-refractivity contribution in [1.29, 1.82) is 0 Å². The number of aromatic nitrogens is 5. The van der Waals surface area contributed by atoms with Crippen LogP contribution < -0.4 is 16.2 Å². The Bertz CT molecular complexity index is 1040. The summed E-state index contributed by atoms with van der Waals surface area (Å²) in [6.07, 6.45) is 4.36. The van der Waals surface area contributed by atoms with E-state index < -0.39 is 0 Å². The molecular formula is C20H27N7OS. The molecule has 0 unspecified atom stereocenters.